The third-order valence-electron chi connectivity index (χ3n) is 2.60. The van der Waals surface area contributed by atoms with Crippen LogP contribution in [0, 0.1) is 12.7 Å². The van der Waals surface area contributed by atoms with Gasteiger partial charge in [0.2, 0.25) is 0 Å². The van der Waals surface area contributed by atoms with E-state index in [1.165, 1.54) is 13.2 Å². The van der Waals surface area contributed by atoms with Gasteiger partial charge in [-0.1, -0.05) is 12.1 Å². The van der Waals surface area contributed by atoms with Crippen LogP contribution in [0.5, 0.6) is 0 Å². The summed E-state index contributed by atoms with van der Waals surface area (Å²) in [5.74, 6) is -0.574. The van der Waals surface area contributed by atoms with Gasteiger partial charge in [0, 0.05) is 12.5 Å². The standard InChI is InChI=1S/C12H16FNO2/c1-8-9(4-3-5-10(8)13)11(14)6-7-12(15)16-2/h3-5,11H,6-7,14H2,1-2H3. The summed E-state index contributed by atoms with van der Waals surface area (Å²) < 4.78 is 17.8. The van der Waals surface area contributed by atoms with E-state index < -0.39 is 0 Å². The molecule has 0 aliphatic rings. The van der Waals surface area contributed by atoms with E-state index in [4.69, 9.17) is 5.73 Å². The molecule has 0 amide bonds. The molecule has 0 aliphatic carbocycles. The third-order valence-corrected chi connectivity index (χ3v) is 2.60. The second-order valence-electron chi connectivity index (χ2n) is 3.68. The summed E-state index contributed by atoms with van der Waals surface area (Å²) in [7, 11) is 1.33. The zero-order chi connectivity index (χ0) is 12.1. The first-order valence-electron chi connectivity index (χ1n) is 5.13. The van der Waals surface area contributed by atoms with E-state index in [-0.39, 0.29) is 24.2 Å². The molecule has 1 unspecified atom stereocenters. The van der Waals surface area contributed by atoms with Crippen molar-refractivity contribution in [2.75, 3.05) is 7.11 Å². The van der Waals surface area contributed by atoms with Gasteiger partial charge in [-0.3, -0.25) is 4.79 Å². The summed E-state index contributed by atoms with van der Waals surface area (Å²) in [6.07, 6.45) is 0.699. The first-order valence-corrected chi connectivity index (χ1v) is 5.13. The molecule has 1 aromatic carbocycles. The summed E-state index contributed by atoms with van der Waals surface area (Å²) >= 11 is 0. The van der Waals surface area contributed by atoms with Crippen LogP contribution < -0.4 is 5.73 Å². The van der Waals surface area contributed by atoms with Gasteiger partial charge >= 0.3 is 5.97 Å². The molecule has 88 valence electrons. The van der Waals surface area contributed by atoms with Crippen molar-refractivity contribution in [1.29, 1.82) is 0 Å². The van der Waals surface area contributed by atoms with Crippen molar-refractivity contribution < 1.29 is 13.9 Å². The fourth-order valence-corrected chi connectivity index (χ4v) is 1.56. The van der Waals surface area contributed by atoms with E-state index in [1.54, 1.807) is 19.1 Å². The van der Waals surface area contributed by atoms with Crippen LogP contribution in [0.15, 0.2) is 18.2 Å². The lowest BCUT2D eigenvalue weighted by Gasteiger charge is -2.14. The van der Waals surface area contributed by atoms with Crippen molar-refractivity contribution >= 4 is 5.97 Å². The predicted molar refractivity (Wildman–Crippen MR) is 59.3 cm³/mol. The lowest BCUT2D eigenvalue weighted by Crippen LogP contribution is -2.14. The molecule has 2 N–H and O–H groups in total. The second-order valence-corrected chi connectivity index (χ2v) is 3.68. The quantitative estimate of drug-likeness (QED) is 0.798. The van der Waals surface area contributed by atoms with Gasteiger partial charge in [-0.25, -0.2) is 4.39 Å². The highest BCUT2D eigenvalue weighted by Gasteiger charge is 2.13. The molecule has 4 heteroatoms. The number of esters is 1. The predicted octanol–water partition coefficient (Wildman–Crippen LogP) is 2.09. The number of hydrogen-bond donors (Lipinski definition) is 1. The van der Waals surface area contributed by atoms with E-state index in [2.05, 4.69) is 4.74 Å². The fourth-order valence-electron chi connectivity index (χ4n) is 1.56. The maximum Gasteiger partial charge on any atom is 0.305 e. The fraction of sp³-hybridized carbons (Fsp3) is 0.417. The van der Waals surface area contributed by atoms with E-state index in [1.807, 2.05) is 0 Å². The van der Waals surface area contributed by atoms with Crippen molar-refractivity contribution in [2.24, 2.45) is 5.73 Å². The van der Waals surface area contributed by atoms with Crippen LogP contribution in [0.25, 0.3) is 0 Å². The summed E-state index contributed by atoms with van der Waals surface area (Å²) in [4.78, 5) is 10.9. The molecular weight excluding hydrogens is 209 g/mol. The normalized spacial score (nSPS) is 12.2. The maximum absolute atomic E-state index is 13.3. The van der Waals surface area contributed by atoms with Gasteiger partial charge in [-0.2, -0.15) is 0 Å². The zero-order valence-corrected chi connectivity index (χ0v) is 9.50. The molecular formula is C12H16FNO2. The molecule has 0 radical (unpaired) electrons. The van der Waals surface area contributed by atoms with E-state index in [0.29, 0.717) is 12.0 Å². The van der Waals surface area contributed by atoms with Gasteiger partial charge in [-0.15, -0.1) is 0 Å². The largest absolute Gasteiger partial charge is 0.469 e. The van der Waals surface area contributed by atoms with Crippen molar-refractivity contribution in [3.8, 4) is 0 Å². The number of carbonyl (C=O) groups is 1. The van der Waals surface area contributed by atoms with Crippen LogP contribution in [0.3, 0.4) is 0 Å². The van der Waals surface area contributed by atoms with Gasteiger partial charge in [0.15, 0.2) is 0 Å². The van der Waals surface area contributed by atoms with Gasteiger partial charge in [-0.05, 0) is 30.5 Å². The topological polar surface area (TPSA) is 52.3 Å². The molecule has 0 saturated heterocycles. The van der Waals surface area contributed by atoms with Gasteiger partial charge in [0.1, 0.15) is 5.82 Å². The molecule has 0 fully saturated rings. The van der Waals surface area contributed by atoms with Crippen LogP contribution in [0.4, 0.5) is 4.39 Å². The highest BCUT2D eigenvalue weighted by Crippen LogP contribution is 2.21. The zero-order valence-electron chi connectivity index (χ0n) is 9.50. The summed E-state index contributed by atoms with van der Waals surface area (Å²) in [6, 6.07) is 4.46. The number of methoxy groups -OCH3 is 1. The highest BCUT2D eigenvalue weighted by molar-refractivity contribution is 5.69. The molecule has 16 heavy (non-hydrogen) atoms. The van der Waals surface area contributed by atoms with E-state index >= 15 is 0 Å². The Bertz CT molecular complexity index is 379. The minimum Gasteiger partial charge on any atom is -0.469 e. The molecule has 1 aromatic rings. The minimum atomic E-state index is -0.338. The molecule has 0 aromatic heterocycles. The van der Waals surface area contributed by atoms with E-state index in [9.17, 15) is 9.18 Å². The van der Waals surface area contributed by atoms with Gasteiger partial charge in [0.25, 0.3) is 0 Å². The Morgan fingerprint density at radius 3 is 2.88 bits per heavy atom. The Morgan fingerprint density at radius 2 is 2.25 bits per heavy atom. The van der Waals surface area contributed by atoms with Crippen molar-refractivity contribution in [2.45, 2.75) is 25.8 Å². The van der Waals surface area contributed by atoms with Crippen LogP contribution in [-0.4, -0.2) is 13.1 Å². The summed E-state index contributed by atoms with van der Waals surface area (Å²) in [5.41, 5.74) is 7.17. The first kappa shape index (κ1) is 12.6. The minimum absolute atomic E-state index is 0.244. The Hall–Kier alpha value is -1.42. The maximum atomic E-state index is 13.3. The smallest absolute Gasteiger partial charge is 0.305 e. The second kappa shape index (κ2) is 5.61. The number of hydrogen-bond acceptors (Lipinski definition) is 3. The molecule has 0 bridgehead atoms. The van der Waals surface area contributed by atoms with Crippen molar-refractivity contribution in [1.82, 2.24) is 0 Å². The highest BCUT2D eigenvalue weighted by atomic mass is 19.1. The lowest BCUT2D eigenvalue weighted by molar-refractivity contribution is -0.140. The van der Waals surface area contributed by atoms with Crippen LogP contribution in [-0.2, 0) is 9.53 Å². The van der Waals surface area contributed by atoms with Crippen LogP contribution in [0.2, 0.25) is 0 Å². The average Bonchev–Trinajstić information content (AvgIpc) is 2.29. The molecule has 0 aliphatic heterocycles. The Kier molecular flexibility index (Phi) is 4.43. The Labute approximate surface area is 94.4 Å². The summed E-state index contributed by atoms with van der Waals surface area (Å²) in [6.45, 7) is 1.68. The van der Waals surface area contributed by atoms with E-state index in [0.717, 1.165) is 5.56 Å². The van der Waals surface area contributed by atoms with Gasteiger partial charge < -0.3 is 10.5 Å². The number of ether oxygens (including phenoxy) is 1. The Morgan fingerprint density at radius 1 is 1.56 bits per heavy atom. The average molecular weight is 225 g/mol. The molecule has 0 heterocycles. The molecule has 1 atom stereocenters. The molecule has 0 saturated carbocycles. The molecule has 1 rings (SSSR count). The van der Waals surface area contributed by atoms with Gasteiger partial charge in [0.05, 0.1) is 7.11 Å². The van der Waals surface area contributed by atoms with Crippen molar-refractivity contribution in [3.05, 3.63) is 35.1 Å². The van der Waals surface area contributed by atoms with Crippen LogP contribution >= 0.6 is 0 Å². The third kappa shape index (κ3) is 3.03. The SMILES string of the molecule is COC(=O)CCC(N)c1cccc(F)c1C. The number of halogens is 1. The number of benzene rings is 1. The molecule has 3 nitrogen and oxygen atoms in total. The monoisotopic (exact) mass is 225 g/mol. The number of nitrogens with two attached hydrogens (primary N) is 1. The van der Waals surface area contributed by atoms with Crippen LogP contribution in [0.1, 0.15) is 30.0 Å². The molecule has 0 spiro atoms. The van der Waals surface area contributed by atoms with Crippen molar-refractivity contribution in [3.63, 3.8) is 0 Å². The number of rotatable bonds is 4. The first-order chi connectivity index (χ1) is 7.56. The Balaban J connectivity index is 2.69. The lowest BCUT2D eigenvalue weighted by atomic mass is 9.98. The number of carbonyl (C=O) groups excluding carboxylic acids is 1. The summed E-state index contributed by atoms with van der Waals surface area (Å²) in [5, 5.41) is 0.